The molecule has 0 saturated carbocycles. The summed E-state index contributed by atoms with van der Waals surface area (Å²) in [6, 6.07) is 20.9. The number of Topliss-reactive ketones (excluding diaryl/α,β-unsaturated/α-hetero) is 1. The van der Waals surface area contributed by atoms with Gasteiger partial charge in [-0.05, 0) is 53.2 Å². The maximum atomic E-state index is 13.0. The predicted octanol–water partition coefficient (Wildman–Crippen LogP) is 4.46. The highest BCUT2D eigenvalue weighted by atomic mass is 32.2. The normalized spacial score (nSPS) is 12.6. The summed E-state index contributed by atoms with van der Waals surface area (Å²) in [6.07, 6.45) is 0. The van der Waals surface area contributed by atoms with Crippen molar-refractivity contribution in [1.29, 1.82) is 0 Å². The van der Waals surface area contributed by atoms with Gasteiger partial charge in [0, 0.05) is 11.6 Å². The second-order valence-electron chi connectivity index (χ2n) is 8.38. The van der Waals surface area contributed by atoms with Gasteiger partial charge in [-0.15, -0.1) is 0 Å². The Morgan fingerprint density at radius 3 is 2.42 bits per heavy atom. The van der Waals surface area contributed by atoms with Gasteiger partial charge in [-0.25, -0.2) is 13.2 Å². The minimum absolute atomic E-state index is 0.0134. The Morgan fingerprint density at radius 2 is 1.61 bits per heavy atom. The Bertz CT molecular complexity index is 1650. The zero-order valence-corrected chi connectivity index (χ0v) is 21.1. The van der Waals surface area contributed by atoms with Gasteiger partial charge in [0.05, 0.1) is 23.3 Å². The summed E-state index contributed by atoms with van der Waals surface area (Å²) in [7, 11) is -2.49. The van der Waals surface area contributed by atoms with Crippen molar-refractivity contribution in [2.45, 2.75) is 4.90 Å². The molecule has 9 nitrogen and oxygen atoms in total. The largest absolute Gasteiger partial charge is 0.497 e. The number of fused-ring (bicyclic) bond motifs is 2. The fourth-order valence-electron chi connectivity index (χ4n) is 3.96. The lowest BCUT2D eigenvalue weighted by molar-refractivity contribution is 0.0476. The Kier molecular flexibility index (Phi) is 6.89. The standard InChI is InChI=1S/C28H23NO8S/c1-34-21-9-8-18-14-20(7-6-19(18)15-21)25(30)17-37-28(31)23-4-2-3-5-24(23)29-38(32,33)22-10-11-26-27(16-22)36-13-12-35-26/h2-11,14-16,29H,12-13,17H2,1H3. The predicted molar refractivity (Wildman–Crippen MR) is 140 cm³/mol. The lowest BCUT2D eigenvalue weighted by Crippen LogP contribution is -2.19. The molecular weight excluding hydrogens is 510 g/mol. The third-order valence-electron chi connectivity index (χ3n) is 5.92. The van der Waals surface area contributed by atoms with Crippen molar-refractivity contribution in [3.63, 3.8) is 0 Å². The van der Waals surface area contributed by atoms with E-state index in [0.29, 0.717) is 36.0 Å². The molecule has 0 amide bonds. The lowest BCUT2D eigenvalue weighted by Gasteiger charge is -2.19. The zero-order valence-electron chi connectivity index (χ0n) is 20.3. The average Bonchev–Trinajstić information content (AvgIpc) is 2.95. The van der Waals surface area contributed by atoms with E-state index in [0.717, 1.165) is 10.8 Å². The first-order chi connectivity index (χ1) is 18.3. The van der Waals surface area contributed by atoms with Gasteiger partial charge >= 0.3 is 5.97 Å². The molecule has 0 bridgehead atoms. The summed E-state index contributed by atoms with van der Waals surface area (Å²) in [5, 5.41) is 1.74. The van der Waals surface area contributed by atoms with Crippen molar-refractivity contribution in [2.75, 3.05) is 31.7 Å². The molecule has 1 N–H and O–H groups in total. The van der Waals surface area contributed by atoms with E-state index >= 15 is 0 Å². The second kappa shape index (κ2) is 10.4. The molecule has 0 aromatic heterocycles. The van der Waals surface area contributed by atoms with E-state index < -0.39 is 28.4 Å². The first kappa shape index (κ1) is 25.1. The molecule has 10 heteroatoms. The number of hydrogen-bond donors (Lipinski definition) is 1. The van der Waals surface area contributed by atoms with Crippen LogP contribution in [0.2, 0.25) is 0 Å². The Morgan fingerprint density at radius 1 is 0.868 bits per heavy atom. The molecule has 1 heterocycles. The maximum absolute atomic E-state index is 13.0. The molecule has 0 aliphatic carbocycles. The third kappa shape index (κ3) is 5.25. The highest BCUT2D eigenvalue weighted by Gasteiger charge is 2.23. The van der Waals surface area contributed by atoms with Crippen LogP contribution in [-0.2, 0) is 14.8 Å². The topological polar surface area (TPSA) is 117 Å². The number of ketones is 1. The van der Waals surface area contributed by atoms with Crippen LogP contribution < -0.4 is 18.9 Å². The highest BCUT2D eigenvalue weighted by molar-refractivity contribution is 7.92. The number of carbonyl (C=O) groups is 2. The summed E-state index contributed by atoms with van der Waals surface area (Å²) < 4.78 is 49.9. The molecule has 4 aromatic rings. The first-order valence-corrected chi connectivity index (χ1v) is 13.1. The van der Waals surface area contributed by atoms with E-state index in [2.05, 4.69) is 4.72 Å². The fourth-order valence-corrected chi connectivity index (χ4v) is 5.06. The van der Waals surface area contributed by atoms with Crippen molar-refractivity contribution < 1.29 is 37.0 Å². The molecule has 38 heavy (non-hydrogen) atoms. The van der Waals surface area contributed by atoms with Crippen LogP contribution in [0.15, 0.2) is 83.8 Å². The van der Waals surface area contributed by atoms with Crippen LogP contribution in [0.4, 0.5) is 5.69 Å². The van der Waals surface area contributed by atoms with Crippen molar-refractivity contribution >= 4 is 38.2 Å². The molecule has 0 fully saturated rings. The molecule has 1 aliphatic heterocycles. The first-order valence-electron chi connectivity index (χ1n) is 11.6. The number of hydrogen-bond acceptors (Lipinski definition) is 8. The Balaban J connectivity index is 1.29. The van der Waals surface area contributed by atoms with Crippen molar-refractivity contribution in [1.82, 2.24) is 0 Å². The van der Waals surface area contributed by atoms with Gasteiger partial charge in [-0.1, -0.05) is 30.3 Å². The average molecular weight is 534 g/mol. The lowest BCUT2D eigenvalue weighted by atomic mass is 10.0. The van der Waals surface area contributed by atoms with Crippen LogP contribution in [0.25, 0.3) is 10.8 Å². The number of rotatable bonds is 8. The van der Waals surface area contributed by atoms with E-state index in [1.165, 1.54) is 30.3 Å². The van der Waals surface area contributed by atoms with Crippen molar-refractivity contribution in [3.8, 4) is 17.2 Å². The zero-order chi connectivity index (χ0) is 26.7. The molecule has 4 aromatic carbocycles. The smallest absolute Gasteiger partial charge is 0.340 e. The highest BCUT2D eigenvalue weighted by Crippen LogP contribution is 2.33. The number of anilines is 1. The van der Waals surface area contributed by atoms with Crippen LogP contribution in [0.1, 0.15) is 20.7 Å². The van der Waals surface area contributed by atoms with Crippen LogP contribution in [0.3, 0.4) is 0 Å². The number of benzene rings is 4. The molecular formula is C28H23NO8S. The van der Waals surface area contributed by atoms with Gasteiger partial charge < -0.3 is 18.9 Å². The molecule has 5 rings (SSSR count). The van der Waals surface area contributed by atoms with Crippen molar-refractivity contribution in [3.05, 3.63) is 90.0 Å². The van der Waals surface area contributed by atoms with E-state index in [9.17, 15) is 18.0 Å². The van der Waals surface area contributed by atoms with Gasteiger partial charge in [0.25, 0.3) is 10.0 Å². The molecule has 0 atom stereocenters. The monoisotopic (exact) mass is 533 g/mol. The summed E-state index contributed by atoms with van der Waals surface area (Å²) in [4.78, 5) is 25.5. The fraction of sp³-hybridized carbons (Fsp3) is 0.143. The summed E-state index contributed by atoms with van der Waals surface area (Å²) in [6.45, 7) is 0.181. The number of esters is 1. The van der Waals surface area contributed by atoms with Crippen molar-refractivity contribution in [2.24, 2.45) is 0 Å². The number of nitrogens with one attached hydrogen (secondary N) is 1. The summed E-state index contributed by atoms with van der Waals surface area (Å²) in [5.41, 5.74) is 0.356. The SMILES string of the molecule is COc1ccc2cc(C(=O)COC(=O)c3ccccc3NS(=O)(=O)c3ccc4c(c3)OCCO4)ccc2c1. The minimum Gasteiger partial charge on any atom is -0.497 e. The van der Waals surface area contributed by atoms with Gasteiger partial charge in [0.2, 0.25) is 0 Å². The van der Waals surface area contributed by atoms with Crippen LogP contribution in [0.5, 0.6) is 17.2 Å². The van der Waals surface area contributed by atoms with Gasteiger partial charge in [0.15, 0.2) is 23.9 Å². The van der Waals surface area contributed by atoms with E-state index in [4.69, 9.17) is 18.9 Å². The van der Waals surface area contributed by atoms with Gasteiger partial charge in [0.1, 0.15) is 19.0 Å². The van der Waals surface area contributed by atoms with Crippen LogP contribution in [0, 0.1) is 0 Å². The van der Waals surface area contributed by atoms with Crippen LogP contribution in [-0.4, -0.2) is 47.1 Å². The Labute approximate surface area is 218 Å². The van der Waals surface area contributed by atoms with Crippen LogP contribution >= 0.6 is 0 Å². The third-order valence-corrected chi connectivity index (χ3v) is 7.28. The minimum atomic E-state index is -4.07. The molecule has 1 aliphatic rings. The quantitative estimate of drug-likeness (QED) is 0.261. The van der Waals surface area contributed by atoms with E-state index in [1.807, 2.05) is 12.1 Å². The Hall–Kier alpha value is -4.57. The number of carbonyl (C=O) groups excluding carboxylic acids is 2. The molecule has 0 saturated heterocycles. The van der Waals surface area contributed by atoms with Gasteiger partial charge in [-0.3, -0.25) is 9.52 Å². The molecule has 0 radical (unpaired) electrons. The number of sulfonamides is 1. The van der Waals surface area contributed by atoms with E-state index in [1.54, 1.807) is 43.5 Å². The molecule has 0 spiro atoms. The number of methoxy groups -OCH3 is 1. The second-order valence-corrected chi connectivity index (χ2v) is 10.1. The van der Waals surface area contributed by atoms with E-state index in [-0.39, 0.29) is 16.1 Å². The molecule has 194 valence electrons. The van der Waals surface area contributed by atoms with Gasteiger partial charge in [-0.2, -0.15) is 0 Å². The molecule has 0 unspecified atom stereocenters. The number of para-hydroxylation sites is 1. The summed E-state index contributed by atoms with van der Waals surface area (Å²) in [5.74, 6) is 0.233. The number of ether oxygens (including phenoxy) is 4. The summed E-state index contributed by atoms with van der Waals surface area (Å²) >= 11 is 0. The maximum Gasteiger partial charge on any atom is 0.340 e.